The number of methoxy groups -OCH3 is 1. The molecule has 4 rings (SSSR count). The van der Waals surface area contributed by atoms with Crippen LogP contribution in [0.25, 0.3) is 10.2 Å². The summed E-state index contributed by atoms with van der Waals surface area (Å²) in [4.78, 5) is 17.2. The van der Waals surface area contributed by atoms with E-state index >= 15 is 0 Å². The van der Waals surface area contributed by atoms with Crippen LogP contribution < -0.4 is 10.1 Å². The summed E-state index contributed by atoms with van der Waals surface area (Å²) in [6.45, 7) is 0.245. The summed E-state index contributed by atoms with van der Waals surface area (Å²) in [7, 11) is -0.647. The van der Waals surface area contributed by atoms with E-state index in [1.807, 2.05) is 30.3 Å². The number of ether oxygens (including phenoxy) is 1. The number of thiazole rings is 1. The lowest BCUT2D eigenvalue weighted by Crippen LogP contribution is -2.26. The van der Waals surface area contributed by atoms with Gasteiger partial charge in [-0.05, 0) is 42.0 Å². The number of fused-ring (bicyclic) bond motifs is 1. The van der Waals surface area contributed by atoms with Gasteiger partial charge in [0, 0.05) is 19.2 Å². The second kappa shape index (κ2) is 9.48. The zero-order valence-corrected chi connectivity index (χ0v) is 20.2. The van der Waals surface area contributed by atoms with Gasteiger partial charge in [-0.15, -0.1) is 0 Å². The maximum Gasteiger partial charge on any atom is 0.257 e. The van der Waals surface area contributed by atoms with Crippen LogP contribution in [0, 0.1) is 0 Å². The summed E-state index contributed by atoms with van der Waals surface area (Å²) >= 11 is 7.46. The highest BCUT2D eigenvalue weighted by Gasteiger charge is 2.22. The van der Waals surface area contributed by atoms with Crippen molar-refractivity contribution in [1.82, 2.24) is 9.29 Å². The van der Waals surface area contributed by atoms with E-state index in [0.717, 1.165) is 5.56 Å². The number of sulfonamides is 1. The highest BCUT2D eigenvalue weighted by atomic mass is 35.5. The first-order valence-corrected chi connectivity index (χ1v) is 12.5. The minimum Gasteiger partial charge on any atom is -0.494 e. The molecule has 3 aromatic carbocycles. The van der Waals surface area contributed by atoms with Crippen LogP contribution in [0.1, 0.15) is 15.9 Å². The summed E-state index contributed by atoms with van der Waals surface area (Å²) in [6, 6.07) is 18.5. The van der Waals surface area contributed by atoms with Gasteiger partial charge >= 0.3 is 0 Å². The molecule has 0 aliphatic heterocycles. The van der Waals surface area contributed by atoms with E-state index in [4.69, 9.17) is 16.3 Å². The van der Waals surface area contributed by atoms with Gasteiger partial charge in [-0.2, -0.15) is 4.31 Å². The molecule has 1 aromatic heterocycles. The molecule has 0 unspecified atom stereocenters. The van der Waals surface area contributed by atoms with Crippen molar-refractivity contribution in [1.29, 1.82) is 0 Å². The Labute approximate surface area is 200 Å². The second-order valence-electron chi connectivity index (χ2n) is 7.17. The number of amides is 1. The van der Waals surface area contributed by atoms with Crippen molar-refractivity contribution in [3.8, 4) is 5.75 Å². The van der Waals surface area contributed by atoms with E-state index in [9.17, 15) is 13.2 Å². The van der Waals surface area contributed by atoms with Crippen molar-refractivity contribution in [2.24, 2.45) is 0 Å². The predicted molar refractivity (Wildman–Crippen MR) is 131 cm³/mol. The van der Waals surface area contributed by atoms with Crippen LogP contribution in [0.15, 0.2) is 71.6 Å². The molecule has 0 spiro atoms. The van der Waals surface area contributed by atoms with Crippen molar-refractivity contribution >= 4 is 54.2 Å². The molecular formula is C23H20ClN3O4S2. The van der Waals surface area contributed by atoms with Crippen LogP contribution in [0.4, 0.5) is 5.13 Å². The number of carbonyl (C=O) groups is 1. The Morgan fingerprint density at radius 3 is 2.45 bits per heavy atom. The topological polar surface area (TPSA) is 88.6 Å². The smallest absolute Gasteiger partial charge is 0.257 e. The lowest BCUT2D eigenvalue weighted by molar-refractivity contribution is 0.102. The van der Waals surface area contributed by atoms with Crippen molar-refractivity contribution in [2.45, 2.75) is 11.4 Å². The molecule has 170 valence electrons. The Hall–Kier alpha value is -2.98. The summed E-state index contributed by atoms with van der Waals surface area (Å²) in [5, 5.41) is 3.61. The molecule has 0 saturated carbocycles. The van der Waals surface area contributed by atoms with Crippen molar-refractivity contribution < 1.29 is 17.9 Å². The number of hydrogen-bond donors (Lipinski definition) is 1. The number of hydrogen-bond acceptors (Lipinski definition) is 6. The van der Waals surface area contributed by atoms with E-state index in [-0.39, 0.29) is 11.4 Å². The zero-order chi connectivity index (χ0) is 23.6. The second-order valence-corrected chi connectivity index (χ2v) is 10.6. The van der Waals surface area contributed by atoms with Gasteiger partial charge in [0.15, 0.2) is 5.13 Å². The van der Waals surface area contributed by atoms with Gasteiger partial charge in [-0.25, -0.2) is 13.4 Å². The average molecular weight is 502 g/mol. The number of halogens is 1. The van der Waals surface area contributed by atoms with Gasteiger partial charge in [-0.1, -0.05) is 53.3 Å². The lowest BCUT2D eigenvalue weighted by Gasteiger charge is -2.17. The van der Waals surface area contributed by atoms with Crippen molar-refractivity contribution in [3.63, 3.8) is 0 Å². The van der Waals surface area contributed by atoms with E-state index in [1.165, 1.54) is 54.1 Å². The van der Waals surface area contributed by atoms with Gasteiger partial charge in [0.2, 0.25) is 10.0 Å². The lowest BCUT2D eigenvalue weighted by atomic mass is 10.2. The van der Waals surface area contributed by atoms with E-state index in [1.54, 1.807) is 12.1 Å². The first-order valence-electron chi connectivity index (χ1n) is 9.84. The third-order valence-electron chi connectivity index (χ3n) is 4.97. The Kier molecular flexibility index (Phi) is 6.66. The highest BCUT2D eigenvalue weighted by molar-refractivity contribution is 7.89. The van der Waals surface area contributed by atoms with Crippen LogP contribution in [0.3, 0.4) is 0 Å². The summed E-state index contributed by atoms with van der Waals surface area (Å²) in [5.41, 5.74) is 1.75. The van der Waals surface area contributed by atoms with Crippen molar-refractivity contribution in [2.75, 3.05) is 19.5 Å². The maximum absolute atomic E-state index is 12.9. The monoisotopic (exact) mass is 501 g/mol. The fourth-order valence-electron chi connectivity index (χ4n) is 3.22. The van der Waals surface area contributed by atoms with Gasteiger partial charge in [0.05, 0.1) is 21.7 Å². The van der Waals surface area contributed by atoms with Crippen LogP contribution in [0.5, 0.6) is 5.75 Å². The number of aromatic nitrogens is 1. The normalized spacial score (nSPS) is 11.6. The third kappa shape index (κ3) is 4.86. The zero-order valence-electron chi connectivity index (χ0n) is 17.8. The summed E-state index contributed by atoms with van der Waals surface area (Å²) in [5.74, 6) is 0.145. The Morgan fingerprint density at radius 2 is 1.79 bits per heavy atom. The van der Waals surface area contributed by atoms with Crippen LogP contribution >= 0.6 is 22.9 Å². The van der Waals surface area contributed by atoms with E-state index in [2.05, 4.69) is 10.3 Å². The maximum atomic E-state index is 12.9. The Morgan fingerprint density at radius 1 is 1.09 bits per heavy atom. The molecule has 0 atom stereocenters. The molecule has 4 aromatic rings. The Balaban J connectivity index is 1.50. The summed E-state index contributed by atoms with van der Waals surface area (Å²) in [6.07, 6.45) is 0. The van der Waals surface area contributed by atoms with E-state index in [0.29, 0.717) is 31.7 Å². The SMILES string of the molecule is COc1ccc(Cl)c2sc(NC(=O)c3ccc(S(=O)(=O)N(C)Cc4ccccc4)cc3)nc12. The molecule has 10 heteroatoms. The standard InChI is InChI=1S/C23H20ClN3O4S2/c1-27(14-15-6-4-3-5-7-15)33(29,30)17-10-8-16(9-11-17)22(28)26-23-25-20-19(31-2)13-12-18(24)21(20)32-23/h3-13H,14H2,1-2H3,(H,25,26,28). The first kappa shape index (κ1) is 23.2. The molecule has 1 N–H and O–H groups in total. The minimum absolute atomic E-state index is 0.106. The molecule has 0 saturated heterocycles. The molecule has 0 aliphatic carbocycles. The molecular weight excluding hydrogens is 482 g/mol. The Bertz CT molecular complexity index is 1410. The number of rotatable bonds is 7. The number of nitrogens with zero attached hydrogens (tertiary/aromatic N) is 2. The van der Waals surface area contributed by atoms with Gasteiger partial charge in [-0.3, -0.25) is 10.1 Å². The van der Waals surface area contributed by atoms with Gasteiger partial charge < -0.3 is 4.74 Å². The third-order valence-corrected chi connectivity index (χ3v) is 8.22. The summed E-state index contributed by atoms with van der Waals surface area (Å²) < 4.78 is 33.1. The van der Waals surface area contributed by atoms with Crippen LogP contribution in [-0.4, -0.2) is 37.8 Å². The van der Waals surface area contributed by atoms with Gasteiger partial charge in [0.1, 0.15) is 11.3 Å². The number of benzene rings is 3. The molecule has 0 bridgehead atoms. The molecule has 7 nitrogen and oxygen atoms in total. The first-order chi connectivity index (χ1) is 15.8. The fourth-order valence-corrected chi connectivity index (χ4v) is 5.53. The van der Waals surface area contributed by atoms with E-state index < -0.39 is 15.9 Å². The quantitative estimate of drug-likeness (QED) is 0.383. The molecule has 33 heavy (non-hydrogen) atoms. The highest BCUT2D eigenvalue weighted by Crippen LogP contribution is 2.37. The van der Waals surface area contributed by atoms with Crippen LogP contribution in [0.2, 0.25) is 5.02 Å². The predicted octanol–water partition coefficient (Wildman–Crippen LogP) is 5.03. The fraction of sp³-hybridized carbons (Fsp3) is 0.130. The average Bonchev–Trinajstić information content (AvgIpc) is 3.24. The number of carbonyl (C=O) groups excluding carboxylic acids is 1. The molecule has 0 aliphatic rings. The molecule has 0 radical (unpaired) electrons. The van der Waals surface area contributed by atoms with Gasteiger partial charge in [0.25, 0.3) is 5.91 Å². The molecule has 0 fully saturated rings. The molecule has 1 amide bonds. The number of nitrogens with one attached hydrogen (secondary N) is 1. The van der Waals surface area contributed by atoms with Crippen LogP contribution in [-0.2, 0) is 16.6 Å². The minimum atomic E-state index is -3.71. The van der Waals surface area contributed by atoms with Crippen molar-refractivity contribution in [3.05, 3.63) is 82.9 Å². The number of anilines is 1. The largest absolute Gasteiger partial charge is 0.494 e. The molecule has 1 heterocycles.